The van der Waals surface area contributed by atoms with Crippen molar-refractivity contribution in [3.63, 3.8) is 0 Å². The van der Waals surface area contributed by atoms with Gasteiger partial charge in [0, 0.05) is 55.8 Å². The van der Waals surface area contributed by atoms with Gasteiger partial charge in [0.2, 0.25) is 0 Å². The third-order valence-corrected chi connectivity index (χ3v) is 9.15. The Balaban J connectivity index is 1.47. The Morgan fingerprint density at radius 1 is 0.522 bits per heavy atom. The number of nitriles is 2. The Morgan fingerprint density at radius 2 is 1.07 bits per heavy atom. The van der Waals surface area contributed by atoms with Gasteiger partial charge in [0.15, 0.2) is 11.4 Å². The zero-order chi connectivity index (χ0) is 30.5. The van der Waals surface area contributed by atoms with Crippen LogP contribution in [0.25, 0.3) is 88.3 Å². The normalized spacial score (nSPS) is 11.9. The fourth-order valence-electron chi connectivity index (χ4n) is 7.35. The SMILES string of the molecule is N#Cc1nc2c(nc1C#N)-c1cc(-n3c4ccccc4c4ccncc43)c(-n3c4ccccc4c4ccncc43)c3cccc-2c13. The minimum Gasteiger partial charge on any atom is -0.306 e. The Hall–Kier alpha value is -6.90. The molecule has 5 heterocycles. The monoisotopic (exact) mass is 586 g/mol. The molecule has 5 aromatic heterocycles. The predicted octanol–water partition coefficient (Wildman–Crippen LogP) is 8.00. The summed E-state index contributed by atoms with van der Waals surface area (Å²) in [5.41, 5.74) is 8.91. The van der Waals surface area contributed by atoms with Crippen molar-refractivity contribution in [2.45, 2.75) is 0 Å². The minimum atomic E-state index is 0.0161. The lowest BCUT2D eigenvalue weighted by molar-refractivity contribution is 1.10. The fraction of sp³-hybridized carbons (Fsp3) is 0. The van der Waals surface area contributed by atoms with Gasteiger partial charge in [0.25, 0.3) is 0 Å². The minimum absolute atomic E-state index is 0.0161. The maximum Gasteiger partial charge on any atom is 0.177 e. The van der Waals surface area contributed by atoms with Gasteiger partial charge in [0.05, 0.1) is 57.2 Å². The van der Waals surface area contributed by atoms with Crippen molar-refractivity contribution in [1.82, 2.24) is 29.1 Å². The van der Waals surface area contributed by atoms with Gasteiger partial charge < -0.3 is 9.13 Å². The van der Waals surface area contributed by atoms with E-state index >= 15 is 0 Å². The Kier molecular flexibility index (Phi) is 4.70. The van der Waals surface area contributed by atoms with Gasteiger partial charge in [-0.2, -0.15) is 10.5 Å². The van der Waals surface area contributed by atoms with Gasteiger partial charge in [-0.3, -0.25) is 9.97 Å². The van der Waals surface area contributed by atoms with Crippen molar-refractivity contribution < 1.29 is 0 Å². The molecule has 0 radical (unpaired) electrons. The molecule has 10 rings (SSSR count). The lowest BCUT2D eigenvalue weighted by atomic mass is 10.00. The van der Waals surface area contributed by atoms with Crippen LogP contribution in [0.2, 0.25) is 0 Å². The number of aromatic nitrogens is 6. The van der Waals surface area contributed by atoms with Crippen LogP contribution < -0.4 is 0 Å². The van der Waals surface area contributed by atoms with E-state index in [1.165, 1.54) is 0 Å². The number of nitrogens with zero attached hydrogens (tertiary/aromatic N) is 8. The summed E-state index contributed by atoms with van der Waals surface area (Å²) in [6.45, 7) is 0. The van der Waals surface area contributed by atoms with Crippen molar-refractivity contribution in [3.05, 3.63) is 121 Å². The topological polar surface area (TPSA) is 109 Å². The van der Waals surface area contributed by atoms with Crippen LogP contribution in [0.5, 0.6) is 0 Å². The lowest BCUT2D eigenvalue weighted by Crippen LogP contribution is -2.05. The second-order valence-corrected chi connectivity index (χ2v) is 11.4. The van der Waals surface area contributed by atoms with Crippen LogP contribution in [0.15, 0.2) is 110 Å². The first kappa shape index (κ1) is 24.5. The number of rotatable bonds is 2. The highest BCUT2D eigenvalue weighted by molar-refractivity contribution is 6.20. The molecule has 4 aromatic carbocycles. The number of hydrogen-bond donors (Lipinski definition) is 0. The third kappa shape index (κ3) is 2.99. The van der Waals surface area contributed by atoms with E-state index in [0.717, 1.165) is 76.9 Å². The van der Waals surface area contributed by atoms with Crippen LogP contribution in [0.1, 0.15) is 11.4 Å². The molecule has 1 aliphatic rings. The molecule has 0 spiro atoms. The summed E-state index contributed by atoms with van der Waals surface area (Å²) in [4.78, 5) is 18.5. The fourth-order valence-corrected chi connectivity index (χ4v) is 7.35. The van der Waals surface area contributed by atoms with E-state index in [4.69, 9.17) is 4.98 Å². The number of para-hydroxylation sites is 2. The van der Waals surface area contributed by atoms with Gasteiger partial charge in [0.1, 0.15) is 12.1 Å². The first-order valence-corrected chi connectivity index (χ1v) is 14.8. The van der Waals surface area contributed by atoms with Crippen molar-refractivity contribution in [2.24, 2.45) is 0 Å². The smallest absolute Gasteiger partial charge is 0.177 e. The number of pyridine rings is 2. The standard InChI is InChI=1S/C38H18N8/c39-17-28-29(18-40)44-37-27-16-32(45-30-10-3-1-6-21(30)23-12-14-41-19-33(23)45)38(26-9-5-8-25(35(26)27)36(37)43-28)46-31-11-4-2-7-22(31)24-13-15-42-20-34(24)46/h1-16,19-20H. The van der Waals surface area contributed by atoms with Gasteiger partial charge in [-0.15, -0.1) is 0 Å². The summed E-state index contributed by atoms with van der Waals surface area (Å²) in [6.07, 6.45) is 7.49. The van der Waals surface area contributed by atoms with Crippen molar-refractivity contribution in [3.8, 4) is 46.0 Å². The van der Waals surface area contributed by atoms with E-state index in [0.29, 0.717) is 11.4 Å². The van der Waals surface area contributed by atoms with Crippen LogP contribution in [0, 0.1) is 22.7 Å². The second-order valence-electron chi connectivity index (χ2n) is 11.4. The molecule has 9 aromatic rings. The third-order valence-electron chi connectivity index (χ3n) is 9.15. The summed E-state index contributed by atoms with van der Waals surface area (Å²) in [6, 6.07) is 33.4. The van der Waals surface area contributed by atoms with E-state index in [1.54, 1.807) is 0 Å². The summed E-state index contributed by atoms with van der Waals surface area (Å²) in [5.74, 6) is 0. The number of fused-ring (bicyclic) bond motifs is 9. The maximum atomic E-state index is 9.88. The number of hydrogen-bond acceptors (Lipinski definition) is 6. The molecule has 0 unspecified atom stereocenters. The van der Waals surface area contributed by atoms with Crippen molar-refractivity contribution in [2.75, 3.05) is 0 Å². The molecule has 0 fully saturated rings. The molecule has 8 heteroatoms. The van der Waals surface area contributed by atoms with Gasteiger partial charge in [-0.05, 0) is 30.3 Å². The van der Waals surface area contributed by atoms with Crippen LogP contribution >= 0.6 is 0 Å². The highest BCUT2D eigenvalue weighted by atomic mass is 15.1. The van der Waals surface area contributed by atoms with Gasteiger partial charge in [-0.1, -0.05) is 54.6 Å². The number of benzene rings is 4. The van der Waals surface area contributed by atoms with Crippen LogP contribution in [-0.2, 0) is 0 Å². The molecule has 46 heavy (non-hydrogen) atoms. The molecule has 210 valence electrons. The second kappa shape index (κ2) is 8.82. The maximum absolute atomic E-state index is 9.88. The Morgan fingerprint density at radius 3 is 1.72 bits per heavy atom. The zero-order valence-electron chi connectivity index (χ0n) is 24.0. The van der Waals surface area contributed by atoms with Gasteiger partial charge in [-0.25, -0.2) is 9.97 Å². The van der Waals surface area contributed by atoms with E-state index in [-0.39, 0.29) is 11.4 Å². The molecule has 0 aliphatic heterocycles. The molecule has 0 amide bonds. The van der Waals surface area contributed by atoms with Crippen LogP contribution in [0.4, 0.5) is 0 Å². The largest absolute Gasteiger partial charge is 0.306 e. The summed E-state index contributed by atoms with van der Waals surface area (Å²) >= 11 is 0. The first-order valence-electron chi connectivity index (χ1n) is 14.8. The molecular weight excluding hydrogens is 568 g/mol. The predicted molar refractivity (Wildman–Crippen MR) is 178 cm³/mol. The average molecular weight is 587 g/mol. The molecule has 0 N–H and O–H groups in total. The zero-order valence-corrected chi connectivity index (χ0v) is 24.0. The summed E-state index contributed by atoms with van der Waals surface area (Å²) < 4.78 is 4.57. The molecule has 8 nitrogen and oxygen atoms in total. The Bertz CT molecular complexity index is 2790. The molecule has 0 bridgehead atoms. The summed E-state index contributed by atoms with van der Waals surface area (Å²) in [5, 5.41) is 26.1. The molecule has 0 saturated carbocycles. The first-order chi connectivity index (χ1) is 22.8. The Labute approximate surface area is 260 Å². The van der Waals surface area contributed by atoms with Crippen molar-refractivity contribution in [1.29, 1.82) is 10.5 Å². The molecule has 0 saturated heterocycles. The van der Waals surface area contributed by atoms with E-state index in [1.807, 2.05) is 36.9 Å². The van der Waals surface area contributed by atoms with E-state index < -0.39 is 0 Å². The van der Waals surface area contributed by atoms with Gasteiger partial charge >= 0.3 is 0 Å². The summed E-state index contributed by atoms with van der Waals surface area (Å²) in [7, 11) is 0. The molecule has 1 aliphatic carbocycles. The highest BCUT2D eigenvalue weighted by Crippen LogP contribution is 2.50. The molecule has 0 atom stereocenters. The molecular formula is C38H18N8. The highest BCUT2D eigenvalue weighted by Gasteiger charge is 2.31. The van der Waals surface area contributed by atoms with E-state index in [2.05, 4.69) is 109 Å². The van der Waals surface area contributed by atoms with Crippen LogP contribution in [-0.4, -0.2) is 29.1 Å². The van der Waals surface area contributed by atoms with E-state index in [9.17, 15) is 10.5 Å². The quantitative estimate of drug-likeness (QED) is 0.203. The lowest BCUT2D eigenvalue weighted by Gasteiger charge is -2.20. The van der Waals surface area contributed by atoms with Crippen molar-refractivity contribution >= 4 is 54.4 Å². The van der Waals surface area contributed by atoms with Crippen LogP contribution in [0.3, 0.4) is 0 Å². The average Bonchev–Trinajstić information content (AvgIpc) is 3.74.